The number of aliphatic carboxylic acids is 1. The van der Waals surface area contributed by atoms with Crippen LogP contribution >= 0.6 is 0 Å². The number of carbonyl (C=O) groups is 6. The summed E-state index contributed by atoms with van der Waals surface area (Å²) in [7, 11) is 11.7. The van der Waals surface area contributed by atoms with Gasteiger partial charge in [-0.2, -0.15) is 0 Å². The number of hydrogen-bond donors (Lipinski definition) is 12. The Hall–Kier alpha value is -17.5. The minimum absolute atomic E-state index is 0.0988. The number of piperazine rings is 1. The van der Waals surface area contributed by atoms with E-state index in [1.807, 2.05) is 189 Å². The molecule has 1 aliphatic heterocycles. The maximum atomic E-state index is 12.6. The number of likely N-dealkylation sites (N-methyl/N-ethyl adjacent to an activating group) is 1. The van der Waals surface area contributed by atoms with Gasteiger partial charge < -0.3 is 74.8 Å². The molecule has 0 unspecified atom stereocenters. The molecule has 12 N–H and O–H groups in total. The zero-order valence-corrected chi connectivity index (χ0v) is 78.6. The van der Waals surface area contributed by atoms with Crippen LogP contribution in [-0.4, -0.2) is 245 Å². The molecule has 0 atom stereocenters. The van der Waals surface area contributed by atoms with E-state index in [4.69, 9.17) is 14.2 Å². The summed E-state index contributed by atoms with van der Waals surface area (Å²) in [5, 5.41) is 28.1. The first-order valence-corrected chi connectivity index (χ1v) is 45.0. The first-order valence-electron chi connectivity index (χ1n) is 45.0. The molecule has 0 aliphatic carbocycles. The minimum Gasteiger partial charge on any atom is -0.481 e. The molecule has 1 saturated heterocycles. The van der Waals surface area contributed by atoms with Crippen LogP contribution in [-0.2, 0) is 51.6 Å². The zero-order valence-electron chi connectivity index (χ0n) is 78.6. The van der Waals surface area contributed by atoms with Crippen LogP contribution in [0, 0.1) is 0 Å². The summed E-state index contributed by atoms with van der Waals surface area (Å²) in [6.45, 7) is 14.6. The van der Waals surface area contributed by atoms with E-state index in [2.05, 4.69) is 159 Å². The first kappa shape index (κ1) is 97.0. The van der Waals surface area contributed by atoms with Crippen molar-refractivity contribution in [1.82, 2.24) is 125 Å². The van der Waals surface area contributed by atoms with Crippen molar-refractivity contribution < 1.29 is 48.1 Å². The van der Waals surface area contributed by atoms with Crippen molar-refractivity contribution in [2.75, 3.05) is 121 Å². The van der Waals surface area contributed by atoms with Crippen LogP contribution in [0.15, 0.2) is 220 Å². The molecule has 18 rings (SSSR count). The molecule has 12 aromatic heterocycles. The van der Waals surface area contributed by atoms with Gasteiger partial charge in [-0.25, -0.2) is 69.0 Å². The second-order valence-corrected chi connectivity index (χ2v) is 32.8. The number of fused-ring (bicyclic) bond motifs is 4. The van der Waals surface area contributed by atoms with Crippen molar-refractivity contribution >= 4 is 110 Å². The number of nitrogens with one attached hydrogen (secondary N) is 11. The van der Waals surface area contributed by atoms with Gasteiger partial charge in [-0.3, -0.25) is 55.8 Å². The van der Waals surface area contributed by atoms with Gasteiger partial charge in [0.25, 0.3) is 0 Å². The Morgan fingerprint density at radius 1 is 0.407 bits per heavy atom. The Balaban J connectivity index is 0.000000142. The molecular formula is C100H104N30O10. The van der Waals surface area contributed by atoms with Gasteiger partial charge in [0.2, 0.25) is 23.8 Å². The number of aromatic amines is 4. The predicted molar refractivity (Wildman–Crippen MR) is 535 cm³/mol. The summed E-state index contributed by atoms with van der Waals surface area (Å²) < 4.78 is 15.5. The van der Waals surface area contributed by atoms with E-state index in [9.17, 15) is 33.9 Å². The Kier molecular flexibility index (Phi) is 32.0. The third-order valence-electron chi connectivity index (χ3n) is 21.7. The molecule has 40 nitrogen and oxygen atoms in total. The van der Waals surface area contributed by atoms with E-state index >= 15 is 0 Å². The number of esters is 1. The Morgan fingerprint density at radius 3 is 1.34 bits per heavy atom. The number of carbonyl (C=O) groups excluding carboxylic acids is 5. The number of H-pyrrole nitrogens is 4. The number of pyridine rings is 5. The van der Waals surface area contributed by atoms with Gasteiger partial charge in [-0.05, 0) is 210 Å². The molecule has 1 aliphatic rings. The smallest absolute Gasteiger partial charge is 0.413 e. The first-order chi connectivity index (χ1) is 68.0. The van der Waals surface area contributed by atoms with Crippen molar-refractivity contribution in [2.45, 2.75) is 60.2 Å². The van der Waals surface area contributed by atoms with E-state index in [0.29, 0.717) is 93.5 Å². The number of urea groups is 3. The molecule has 1 fully saturated rings. The quantitative estimate of drug-likeness (QED) is 0.0203. The highest BCUT2D eigenvalue weighted by Gasteiger charge is 2.25. The number of benzene rings is 5. The largest absolute Gasteiger partial charge is 0.481 e. The monoisotopic (exact) mass is 1880 g/mol. The number of anilines is 5. The molecule has 40 heteroatoms. The average molecular weight is 1890 g/mol. The van der Waals surface area contributed by atoms with Gasteiger partial charge in [-0.15, -0.1) is 0 Å². The van der Waals surface area contributed by atoms with Crippen molar-refractivity contribution in [1.29, 1.82) is 0 Å². The van der Waals surface area contributed by atoms with Gasteiger partial charge in [0, 0.05) is 184 Å². The fraction of sp³-hybridized carbons (Fsp3) is 0.230. The number of nitrogens with zero attached hydrogens (tertiary/aromatic N) is 19. The summed E-state index contributed by atoms with van der Waals surface area (Å²) in [6.07, 6.45) is 21.5. The molecular weight excluding hydrogens is 1780 g/mol. The summed E-state index contributed by atoms with van der Waals surface area (Å²) in [4.78, 5) is 160. The highest BCUT2D eigenvalue weighted by atomic mass is 16.5. The van der Waals surface area contributed by atoms with Crippen LogP contribution in [0.25, 0.3) is 134 Å². The van der Waals surface area contributed by atoms with Gasteiger partial charge in [0.1, 0.15) is 24.3 Å². The van der Waals surface area contributed by atoms with Crippen LogP contribution < -0.4 is 46.9 Å². The third kappa shape index (κ3) is 25.5. The number of aromatic nitrogens is 19. The Morgan fingerprint density at radius 2 is 0.871 bits per heavy atom. The summed E-state index contributed by atoms with van der Waals surface area (Å²) in [5.41, 5.74) is 22.3. The standard InChI is InChI=1S/C32H33N7O3.C25H27N7O3.C24H26N8O2.C19H18N8O2/c1-4-34-32(41)38-31-36-28-16-24(15-26(30(28)37-31)27-13-22(10-11-35-27)19-39(2)3)25-12-23(17-33-18-25)14-29(40)42-20-21-8-6-5-7-9-21;1-4-27-25(35)31-24-29-21-11-17(18-7-16(9-22(33)34)12-26-13-18)10-19(23(21)30-24)20-8-15(5-6-28-20)14-32(2)3;1-3-34-24(33)30-23-28-20-12-17(16-5-4-6-25-14-16)11-18(22(20)29-23)19-13-21(27-15-26-19)32-9-7-31(2)8-10-32;1-3-20-18(28)27-17-25-14-8-11(12-9-23-19(29-2)24-10-12)7-13(15(14)26-17)16-21-5-4-6-22-16/h5-13,15-18H,4,14,19-20H2,1-3H3,(H3,34,36,37,38,41);5-8,10-13H,4,9,14H2,1-3H3,(H,33,34)(H3,27,29,30,31,35);4-6,11-15H,3,7-10H2,1-2H3,(H2,28,29,30,33);4-10H,3H2,1-2H3,(H3,20,25,26,27,28). The lowest BCUT2D eigenvalue weighted by molar-refractivity contribution is -0.144. The minimum atomic E-state index is -0.920. The normalized spacial score (nSPS) is 11.8. The summed E-state index contributed by atoms with van der Waals surface area (Å²) in [5.74, 6) is 1.43. The zero-order chi connectivity index (χ0) is 98.1. The van der Waals surface area contributed by atoms with Crippen LogP contribution in [0.5, 0.6) is 6.01 Å². The average Bonchev–Trinajstić information content (AvgIpc) is 1.58. The second-order valence-electron chi connectivity index (χ2n) is 32.8. The molecule has 13 heterocycles. The maximum absolute atomic E-state index is 12.6. The van der Waals surface area contributed by atoms with E-state index in [1.165, 1.54) is 7.11 Å². The van der Waals surface area contributed by atoms with Gasteiger partial charge in [0.15, 0.2) is 5.82 Å². The topological polar surface area (TPSA) is 504 Å². The molecule has 17 aromatic rings. The number of imidazole rings is 4. The predicted octanol–water partition coefficient (Wildman–Crippen LogP) is 14.7. The van der Waals surface area contributed by atoms with Crippen LogP contribution in [0.1, 0.15) is 55.5 Å². The molecule has 0 spiro atoms. The molecule has 714 valence electrons. The highest BCUT2D eigenvalue weighted by molar-refractivity contribution is 6.02. The highest BCUT2D eigenvalue weighted by Crippen LogP contribution is 2.39. The molecule has 0 bridgehead atoms. The lowest BCUT2D eigenvalue weighted by atomic mass is 9.99. The Bertz CT molecular complexity index is 7220. The fourth-order valence-corrected chi connectivity index (χ4v) is 15.4. The lowest BCUT2D eigenvalue weighted by Gasteiger charge is -2.33. The molecule has 0 radical (unpaired) electrons. The summed E-state index contributed by atoms with van der Waals surface area (Å²) in [6, 6.07) is 43.9. The van der Waals surface area contributed by atoms with Gasteiger partial charge in [0.05, 0.1) is 82.3 Å². The second kappa shape index (κ2) is 46.1. The fourth-order valence-electron chi connectivity index (χ4n) is 15.4. The number of amides is 7. The molecule has 140 heavy (non-hydrogen) atoms. The summed E-state index contributed by atoms with van der Waals surface area (Å²) >= 11 is 0. The molecule has 5 aromatic carbocycles. The SMILES string of the molecule is CCNC(=O)Nc1nc2c(-c3cc(CN(C)C)ccn3)cc(-c3cncc(CC(=O)O)c3)cc2[nH]1.CCNC(=O)Nc1nc2c(-c3cc(CN(C)C)ccn3)cc(-c3cncc(CC(=O)OCc4ccccc4)c3)cc2[nH]1.CCNC(=O)Nc1nc2c(-c3ncccn3)cc(-c3cnc(OC)nc3)cc2[nH]1.CCOC(=O)Nc1nc2c(-c3cc(N4CCN(C)CC4)ncn3)cc(-c3cccnc3)cc2[nH]1. The number of methoxy groups -OCH3 is 1. The third-order valence-corrected chi connectivity index (χ3v) is 21.7. The number of hydrogen-bond acceptors (Lipinski definition) is 28. The number of ether oxygens (including phenoxy) is 3. The Labute approximate surface area is 804 Å². The van der Waals surface area contributed by atoms with Crippen molar-refractivity contribution in [3.63, 3.8) is 0 Å². The van der Waals surface area contributed by atoms with Crippen LogP contribution in [0.4, 0.5) is 48.8 Å². The van der Waals surface area contributed by atoms with Crippen LogP contribution in [0.2, 0.25) is 0 Å². The van der Waals surface area contributed by atoms with Gasteiger partial charge >= 0.3 is 42.1 Å². The maximum Gasteiger partial charge on any atom is 0.413 e. The lowest BCUT2D eigenvalue weighted by Crippen LogP contribution is -2.44. The van der Waals surface area contributed by atoms with E-state index in [-0.39, 0.29) is 56.1 Å². The van der Waals surface area contributed by atoms with Gasteiger partial charge in [-0.1, -0.05) is 36.4 Å². The van der Waals surface area contributed by atoms with Crippen molar-refractivity contribution in [3.8, 4) is 95.7 Å². The number of rotatable bonds is 28. The van der Waals surface area contributed by atoms with E-state index in [0.717, 1.165) is 157 Å². The van der Waals surface area contributed by atoms with Crippen LogP contribution in [0.3, 0.4) is 0 Å². The molecule has 7 amide bonds. The molecule has 0 saturated carbocycles. The van der Waals surface area contributed by atoms with E-state index < -0.39 is 12.1 Å². The number of carboxylic acid groups (broad SMARTS) is 1. The van der Waals surface area contributed by atoms with Crippen molar-refractivity contribution in [2.24, 2.45) is 0 Å². The van der Waals surface area contributed by atoms with Crippen molar-refractivity contribution in [3.05, 3.63) is 248 Å². The number of carboxylic acids is 1. The van der Waals surface area contributed by atoms with E-state index in [1.54, 1.807) is 87.5 Å².